The summed E-state index contributed by atoms with van der Waals surface area (Å²) in [5.74, 6) is 0.201. The quantitative estimate of drug-likeness (QED) is 0.866. The number of piperidine rings is 1. The van der Waals surface area contributed by atoms with Gasteiger partial charge < -0.3 is 15.4 Å². The minimum atomic E-state index is -0.592. The maximum atomic E-state index is 12.9. The fraction of sp³-hybridized carbons (Fsp3) is 0.556. The van der Waals surface area contributed by atoms with Gasteiger partial charge in [0.2, 0.25) is 5.91 Å². The van der Waals surface area contributed by atoms with Crippen LogP contribution >= 0.6 is 0 Å². The molecular weight excluding hydrogens is 311 g/mol. The molecule has 2 amide bonds. The molecule has 130 valence electrons. The monoisotopic (exact) mass is 334 g/mol. The van der Waals surface area contributed by atoms with Crippen LogP contribution in [0.3, 0.4) is 0 Å². The van der Waals surface area contributed by atoms with Crippen molar-refractivity contribution in [2.75, 3.05) is 19.7 Å². The van der Waals surface area contributed by atoms with Gasteiger partial charge in [-0.2, -0.15) is 0 Å². The summed E-state index contributed by atoms with van der Waals surface area (Å²) < 4.78 is 18.3. The van der Waals surface area contributed by atoms with Crippen molar-refractivity contribution < 1.29 is 18.7 Å². The molecule has 0 bridgehead atoms. The van der Waals surface area contributed by atoms with Gasteiger partial charge in [0.15, 0.2) is 6.61 Å². The van der Waals surface area contributed by atoms with E-state index in [1.807, 2.05) is 0 Å². The lowest BCUT2D eigenvalue weighted by molar-refractivity contribution is -0.142. The second-order valence-electron chi connectivity index (χ2n) is 6.95. The number of halogens is 1. The standard InChI is InChI=1S/C18H23FN2O3/c19-14-4-6-15(7-5-14)24-11-16(22)21-9-1-8-18(12-21,17(20)23)10-13-2-3-13/h4-7,13H,1-3,8-12H2,(H2,20,23). The van der Waals surface area contributed by atoms with Crippen LogP contribution in [-0.2, 0) is 9.59 Å². The number of nitrogens with two attached hydrogens (primary N) is 1. The molecule has 5 nitrogen and oxygen atoms in total. The van der Waals surface area contributed by atoms with E-state index in [1.165, 1.54) is 24.3 Å². The first-order chi connectivity index (χ1) is 11.5. The summed E-state index contributed by atoms with van der Waals surface area (Å²) in [6, 6.07) is 5.54. The van der Waals surface area contributed by atoms with Gasteiger partial charge in [-0.15, -0.1) is 0 Å². The van der Waals surface area contributed by atoms with Crippen molar-refractivity contribution in [3.05, 3.63) is 30.1 Å². The van der Waals surface area contributed by atoms with Gasteiger partial charge >= 0.3 is 0 Å². The number of hydrogen-bond acceptors (Lipinski definition) is 3. The molecule has 1 saturated carbocycles. The lowest BCUT2D eigenvalue weighted by Gasteiger charge is -2.41. The Balaban J connectivity index is 1.59. The van der Waals surface area contributed by atoms with Crippen LogP contribution in [0.1, 0.15) is 32.1 Å². The van der Waals surface area contributed by atoms with Crippen molar-refractivity contribution in [1.29, 1.82) is 0 Å². The number of amides is 2. The van der Waals surface area contributed by atoms with E-state index in [0.29, 0.717) is 24.8 Å². The average Bonchev–Trinajstić information content (AvgIpc) is 3.38. The Bertz CT molecular complexity index is 615. The Kier molecular flexibility index (Phi) is 4.73. The molecule has 2 aliphatic rings. The number of carbonyl (C=O) groups is 2. The Morgan fingerprint density at radius 3 is 2.62 bits per heavy atom. The van der Waals surface area contributed by atoms with Crippen LogP contribution in [0.15, 0.2) is 24.3 Å². The van der Waals surface area contributed by atoms with E-state index in [4.69, 9.17) is 10.5 Å². The molecule has 1 saturated heterocycles. The van der Waals surface area contributed by atoms with Gasteiger partial charge in [-0.25, -0.2) is 4.39 Å². The van der Waals surface area contributed by atoms with Crippen molar-refractivity contribution in [1.82, 2.24) is 4.90 Å². The molecule has 6 heteroatoms. The van der Waals surface area contributed by atoms with E-state index in [2.05, 4.69) is 0 Å². The van der Waals surface area contributed by atoms with E-state index in [-0.39, 0.29) is 24.2 Å². The highest BCUT2D eigenvalue weighted by molar-refractivity contribution is 5.83. The summed E-state index contributed by atoms with van der Waals surface area (Å²) in [6.45, 7) is 0.875. The van der Waals surface area contributed by atoms with Crippen LogP contribution in [0, 0.1) is 17.2 Å². The first-order valence-electron chi connectivity index (χ1n) is 8.45. The van der Waals surface area contributed by atoms with Gasteiger partial charge in [0.1, 0.15) is 11.6 Å². The maximum Gasteiger partial charge on any atom is 0.260 e. The number of likely N-dealkylation sites (tertiary alicyclic amines) is 1. The van der Waals surface area contributed by atoms with Crippen LogP contribution < -0.4 is 10.5 Å². The maximum absolute atomic E-state index is 12.9. The van der Waals surface area contributed by atoms with E-state index in [1.54, 1.807) is 4.90 Å². The molecule has 1 aliphatic heterocycles. The van der Waals surface area contributed by atoms with E-state index < -0.39 is 5.41 Å². The third-order valence-electron chi connectivity index (χ3n) is 5.00. The second kappa shape index (κ2) is 6.79. The van der Waals surface area contributed by atoms with Gasteiger partial charge in [-0.3, -0.25) is 9.59 Å². The Labute approximate surface area is 141 Å². The number of hydrogen-bond donors (Lipinski definition) is 1. The lowest BCUT2D eigenvalue weighted by Crippen LogP contribution is -2.53. The van der Waals surface area contributed by atoms with Crippen molar-refractivity contribution in [3.63, 3.8) is 0 Å². The SMILES string of the molecule is NC(=O)C1(CC2CC2)CCCN(C(=O)COc2ccc(F)cc2)C1. The predicted octanol–water partition coefficient (Wildman–Crippen LogP) is 2.10. The number of benzene rings is 1. The third kappa shape index (κ3) is 3.86. The zero-order valence-electron chi connectivity index (χ0n) is 13.7. The highest BCUT2D eigenvalue weighted by atomic mass is 19.1. The summed E-state index contributed by atoms with van der Waals surface area (Å²) in [4.78, 5) is 26.1. The molecule has 0 spiro atoms. The van der Waals surface area contributed by atoms with Crippen molar-refractivity contribution in [2.24, 2.45) is 17.1 Å². The van der Waals surface area contributed by atoms with Crippen LogP contribution in [0.2, 0.25) is 0 Å². The van der Waals surface area contributed by atoms with E-state index in [9.17, 15) is 14.0 Å². The molecular formula is C18H23FN2O3. The fourth-order valence-electron chi connectivity index (χ4n) is 3.45. The summed E-state index contributed by atoms with van der Waals surface area (Å²) in [5, 5.41) is 0. The molecule has 2 fully saturated rings. The molecule has 1 aromatic carbocycles. The molecule has 0 aromatic heterocycles. The van der Waals surface area contributed by atoms with Gasteiger partial charge in [-0.05, 0) is 49.4 Å². The van der Waals surface area contributed by atoms with E-state index in [0.717, 1.165) is 32.1 Å². The highest BCUT2D eigenvalue weighted by Crippen LogP contribution is 2.44. The largest absolute Gasteiger partial charge is 0.484 e. The Morgan fingerprint density at radius 2 is 2.00 bits per heavy atom. The molecule has 1 heterocycles. The minimum absolute atomic E-state index is 0.121. The zero-order valence-corrected chi connectivity index (χ0v) is 13.7. The van der Waals surface area contributed by atoms with Crippen molar-refractivity contribution in [3.8, 4) is 5.75 Å². The van der Waals surface area contributed by atoms with Crippen LogP contribution in [0.4, 0.5) is 4.39 Å². The summed E-state index contributed by atoms with van der Waals surface area (Å²) in [7, 11) is 0. The minimum Gasteiger partial charge on any atom is -0.484 e. The number of primary amides is 1. The van der Waals surface area contributed by atoms with Gasteiger partial charge in [0.25, 0.3) is 5.91 Å². The predicted molar refractivity (Wildman–Crippen MR) is 86.7 cm³/mol. The van der Waals surface area contributed by atoms with Gasteiger partial charge in [0, 0.05) is 13.1 Å². The van der Waals surface area contributed by atoms with Gasteiger partial charge in [-0.1, -0.05) is 12.8 Å². The Morgan fingerprint density at radius 1 is 1.29 bits per heavy atom. The second-order valence-corrected chi connectivity index (χ2v) is 6.95. The summed E-state index contributed by atoms with van der Waals surface area (Å²) in [5.41, 5.74) is 5.08. The van der Waals surface area contributed by atoms with Crippen LogP contribution in [-0.4, -0.2) is 36.4 Å². The number of ether oxygens (including phenoxy) is 1. The normalized spacial score (nSPS) is 23.8. The molecule has 1 atom stereocenters. The lowest BCUT2D eigenvalue weighted by atomic mass is 9.75. The fourth-order valence-corrected chi connectivity index (χ4v) is 3.45. The average molecular weight is 334 g/mol. The first kappa shape index (κ1) is 16.7. The number of nitrogens with zero attached hydrogens (tertiary/aromatic N) is 1. The van der Waals surface area contributed by atoms with Crippen molar-refractivity contribution >= 4 is 11.8 Å². The van der Waals surface area contributed by atoms with Crippen LogP contribution in [0.5, 0.6) is 5.75 Å². The number of carbonyl (C=O) groups excluding carboxylic acids is 2. The molecule has 2 N–H and O–H groups in total. The zero-order chi connectivity index (χ0) is 17.2. The third-order valence-corrected chi connectivity index (χ3v) is 5.00. The molecule has 1 unspecified atom stereocenters. The van der Waals surface area contributed by atoms with E-state index >= 15 is 0 Å². The topological polar surface area (TPSA) is 72.6 Å². The highest BCUT2D eigenvalue weighted by Gasteiger charge is 2.45. The molecule has 24 heavy (non-hydrogen) atoms. The number of rotatable bonds is 6. The van der Waals surface area contributed by atoms with Crippen LogP contribution in [0.25, 0.3) is 0 Å². The molecule has 1 aromatic rings. The summed E-state index contributed by atoms with van der Waals surface area (Å²) >= 11 is 0. The molecule has 1 aliphatic carbocycles. The first-order valence-corrected chi connectivity index (χ1v) is 8.45. The molecule has 0 radical (unpaired) electrons. The van der Waals surface area contributed by atoms with Crippen molar-refractivity contribution in [2.45, 2.75) is 32.1 Å². The van der Waals surface area contributed by atoms with Gasteiger partial charge in [0.05, 0.1) is 5.41 Å². The Hall–Kier alpha value is -2.11. The summed E-state index contributed by atoms with van der Waals surface area (Å²) in [6.07, 6.45) is 4.61. The smallest absolute Gasteiger partial charge is 0.260 e. The molecule has 3 rings (SSSR count).